The van der Waals surface area contributed by atoms with Crippen LogP contribution in [0, 0.1) is 17.8 Å². The number of alkyl carbamates (subject to hydrolysis) is 1. The molecule has 2 aromatic rings. The quantitative estimate of drug-likeness (QED) is 0.595. The number of carbonyl (C=O) groups excluding carboxylic acids is 2. The molecule has 35 heavy (non-hydrogen) atoms. The molecule has 0 aromatic heterocycles. The summed E-state index contributed by atoms with van der Waals surface area (Å²) < 4.78 is 33.9. The van der Waals surface area contributed by atoms with Crippen molar-refractivity contribution in [2.45, 2.75) is 24.7 Å². The Morgan fingerprint density at radius 3 is 2.23 bits per heavy atom. The molecule has 2 atom stereocenters. The minimum Gasteiger partial charge on any atom is -0.481 e. The van der Waals surface area contributed by atoms with Gasteiger partial charge in [-0.05, 0) is 34.6 Å². The molecule has 3 aliphatic rings. The van der Waals surface area contributed by atoms with Crippen molar-refractivity contribution < 1.29 is 33.0 Å². The topological polar surface area (TPSA) is 95.9 Å². The number of ether oxygens (including phenoxy) is 1. The van der Waals surface area contributed by atoms with Gasteiger partial charge in [0.15, 0.2) is 0 Å². The highest BCUT2D eigenvalue weighted by molar-refractivity contribution is 5.84. The lowest BCUT2D eigenvalue weighted by Crippen LogP contribution is -2.51. The predicted molar refractivity (Wildman–Crippen MR) is 122 cm³/mol. The van der Waals surface area contributed by atoms with Gasteiger partial charge in [0, 0.05) is 32.0 Å². The molecule has 1 saturated carbocycles. The average molecular weight is 484 g/mol. The molecule has 2 N–H and O–H groups in total. The van der Waals surface area contributed by atoms with Crippen LogP contribution in [0.4, 0.5) is 13.6 Å². The maximum absolute atomic E-state index is 14.3. The van der Waals surface area contributed by atoms with Gasteiger partial charge in [0.05, 0.1) is 5.92 Å². The number of fused-ring (bicyclic) bond motifs is 3. The van der Waals surface area contributed by atoms with Crippen molar-refractivity contribution in [3.8, 4) is 11.1 Å². The van der Waals surface area contributed by atoms with Crippen LogP contribution in [0.3, 0.4) is 0 Å². The van der Waals surface area contributed by atoms with Crippen molar-refractivity contribution in [3.63, 3.8) is 0 Å². The van der Waals surface area contributed by atoms with Gasteiger partial charge in [0.1, 0.15) is 12.5 Å². The first kappa shape index (κ1) is 23.3. The Morgan fingerprint density at radius 1 is 1.03 bits per heavy atom. The van der Waals surface area contributed by atoms with Crippen LogP contribution in [0.5, 0.6) is 0 Å². The number of nitrogens with one attached hydrogen (secondary N) is 1. The highest BCUT2D eigenvalue weighted by Gasteiger charge is 2.72. The molecule has 7 nitrogen and oxygen atoms in total. The van der Waals surface area contributed by atoms with E-state index >= 15 is 0 Å². The minimum atomic E-state index is -3.18. The maximum Gasteiger partial charge on any atom is 0.407 e. The summed E-state index contributed by atoms with van der Waals surface area (Å²) in [6.45, 7) is 0.321. The Morgan fingerprint density at radius 2 is 1.63 bits per heavy atom. The normalized spacial score (nSPS) is 22.1. The van der Waals surface area contributed by atoms with Crippen molar-refractivity contribution in [2.24, 2.45) is 17.8 Å². The van der Waals surface area contributed by atoms with Crippen LogP contribution < -0.4 is 5.32 Å². The van der Waals surface area contributed by atoms with Crippen molar-refractivity contribution >= 4 is 18.0 Å². The molecule has 2 aromatic carbocycles. The van der Waals surface area contributed by atoms with Gasteiger partial charge < -0.3 is 20.1 Å². The zero-order valence-electron chi connectivity index (χ0n) is 19.0. The number of carboxylic acids is 1. The third-order valence-corrected chi connectivity index (χ3v) is 7.31. The molecule has 2 aliphatic carbocycles. The molecular weight excluding hydrogens is 458 g/mol. The molecule has 184 valence electrons. The van der Waals surface area contributed by atoms with E-state index in [4.69, 9.17) is 9.84 Å². The minimum absolute atomic E-state index is 0.00102. The lowest BCUT2D eigenvalue weighted by Gasteiger charge is -2.39. The molecular formula is C26H26F2N2O5. The monoisotopic (exact) mass is 484 g/mol. The average Bonchev–Trinajstić information content (AvgIpc) is 3.21. The van der Waals surface area contributed by atoms with Gasteiger partial charge in [-0.15, -0.1) is 0 Å². The molecule has 9 heteroatoms. The fourth-order valence-electron chi connectivity index (χ4n) is 5.28. The second-order valence-corrected chi connectivity index (χ2v) is 9.51. The smallest absolute Gasteiger partial charge is 0.407 e. The van der Waals surface area contributed by atoms with E-state index in [1.165, 1.54) is 4.90 Å². The second-order valence-electron chi connectivity index (χ2n) is 9.51. The number of benzene rings is 2. The summed E-state index contributed by atoms with van der Waals surface area (Å²) in [6.07, 6.45) is -0.371. The number of amides is 2. The third-order valence-electron chi connectivity index (χ3n) is 7.31. The fourth-order valence-corrected chi connectivity index (χ4v) is 5.28. The van der Waals surface area contributed by atoms with Gasteiger partial charge in [-0.2, -0.15) is 0 Å². The number of aliphatic carboxylic acids is 1. The first-order valence-corrected chi connectivity index (χ1v) is 11.7. The second kappa shape index (κ2) is 8.94. The Balaban J connectivity index is 1.11. The van der Waals surface area contributed by atoms with E-state index in [2.05, 4.69) is 5.32 Å². The van der Waals surface area contributed by atoms with Gasteiger partial charge in [-0.25, -0.2) is 13.6 Å². The Labute approximate surface area is 201 Å². The first-order chi connectivity index (χ1) is 16.8. The third kappa shape index (κ3) is 4.35. The number of hydrogen-bond acceptors (Lipinski definition) is 4. The Kier molecular flexibility index (Phi) is 5.94. The summed E-state index contributed by atoms with van der Waals surface area (Å²) in [5.74, 6) is -7.57. The molecule has 1 aliphatic heterocycles. The number of halogens is 2. The molecule has 5 rings (SSSR count). The summed E-state index contributed by atoms with van der Waals surface area (Å²) in [7, 11) is 0. The SMILES string of the molecule is O=C(O)CCC1CN(C(=O)C2C(CNC(=O)OCC3c4ccccc4-c4ccccc43)C2(F)F)C1. The van der Waals surface area contributed by atoms with Gasteiger partial charge >= 0.3 is 12.1 Å². The molecule has 2 unspecified atom stereocenters. The van der Waals surface area contributed by atoms with Crippen LogP contribution in [-0.2, 0) is 14.3 Å². The van der Waals surface area contributed by atoms with Crippen LogP contribution in [0.1, 0.15) is 29.9 Å². The Bertz CT molecular complexity index is 1120. The first-order valence-electron chi connectivity index (χ1n) is 11.7. The number of carbonyl (C=O) groups is 3. The van der Waals surface area contributed by atoms with E-state index in [0.29, 0.717) is 19.5 Å². The number of likely N-dealkylation sites (tertiary alicyclic amines) is 1. The zero-order valence-corrected chi connectivity index (χ0v) is 19.0. The van der Waals surface area contributed by atoms with E-state index in [1.807, 2.05) is 48.5 Å². The largest absolute Gasteiger partial charge is 0.481 e. The number of nitrogens with zero attached hydrogens (tertiary/aromatic N) is 1. The molecule has 0 radical (unpaired) electrons. The molecule has 0 spiro atoms. The molecule has 2 fully saturated rings. The molecule has 1 heterocycles. The number of alkyl halides is 2. The van der Waals surface area contributed by atoms with Gasteiger partial charge in [-0.3, -0.25) is 9.59 Å². The van der Waals surface area contributed by atoms with Crippen LogP contribution in [0.15, 0.2) is 48.5 Å². The van der Waals surface area contributed by atoms with Gasteiger partial charge in [0.25, 0.3) is 5.92 Å². The van der Waals surface area contributed by atoms with Crippen LogP contribution >= 0.6 is 0 Å². The van der Waals surface area contributed by atoms with Crippen molar-refractivity contribution in [1.82, 2.24) is 10.2 Å². The fraction of sp³-hybridized carbons (Fsp3) is 0.423. The Hall–Kier alpha value is -3.49. The van der Waals surface area contributed by atoms with Crippen molar-refractivity contribution in [2.75, 3.05) is 26.2 Å². The predicted octanol–water partition coefficient (Wildman–Crippen LogP) is 3.73. The summed E-state index contributed by atoms with van der Waals surface area (Å²) in [5.41, 5.74) is 4.29. The number of rotatable bonds is 8. The van der Waals surface area contributed by atoms with Crippen LogP contribution in [-0.4, -0.2) is 60.1 Å². The standard InChI is InChI=1S/C26H26F2N2O5/c27-26(28)21(23(26)24(33)30-12-15(13-30)9-10-22(31)32)11-29-25(34)35-14-20-18-7-3-1-5-16(18)17-6-2-4-8-19(17)20/h1-8,15,20-21,23H,9-14H2,(H,29,34)(H,31,32). The highest BCUT2D eigenvalue weighted by atomic mass is 19.3. The lowest BCUT2D eigenvalue weighted by atomic mass is 9.94. The number of carboxylic acid groups (broad SMARTS) is 1. The molecule has 2 amide bonds. The summed E-state index contributed by atoms with van der Waals surface area (Å²) in [6, 6.07) is 15.8. The van der Waals surface area contributed by atoms with Gasteiger partial charge in [0.2, 0.25) is 5.91 Å². The summed E-state index contributed by atoms with van der Waals surface area (Å²) in [4.78, 5) is 36.7. The molecule has 0 bridgehead atoms. The van der Waals surface area contributed by atoms with E-state index in [9.17, 15) is 23.2 Å². The van der Waals surface area contributed by atoms with Crippen molar-refractivity contribution in [1.29, 1.82) is 0 Å². The van der Waals surface area contributed by atoms with E-state index in [1.54, 1.807) is 0 Å². The van der Waals surface area contributed by atoms with Gasteiger partial charge in [-0.1, -0.05) is 48.5 Å². The molecule has 1 saturated heterocycles. The van der Waals surface area contributed by atoms with Crippen molar-refractivity contribution in [3.05, 3.63) is 59.7 Å². The van der Waals surface area contributed by atoms with E-state index in [0.717, 1.165) is 22.3 Å². The van der Waals surface area contributed by atoms with E-state index in [-0.39, 0.29) is 31.4 Å². The van der Waals surface area contributed by atoms with E-state index < -0.39 is 35.7 Å². The highest BCUT2D eigenvalue weighted by Crippen LogP contribution is 2.56. The summed E-state index contributed by atoms with van der Waals surface area (Å²) in [5, 5.41) is 11.1. The van der Waals surface area contributed by atoms with Crippen LogP contribution in [0.2, 0.25) is 0 Å². The number of hydrogen-bond donors (Lipinski definition) is 2. The summed E-state index contributed by atoms with van der Waals surface area (Å²) >= 11 is 0. The zero-order chi connectivity index (χ0) is 24.7. The van der Waals surface area contributed by atoms with Crippen LogP contribution in [0.25, 0.3) is 11.1 Å². The maximum atomic E-state index is 14.3. The lowest BCUT2D eigenvalue weighted by molar-refractivity contribution is -0.142.